The van der Waals surface area contributed by atoms with Gasteiger partial charge in [-0.3, -0.25) is 14.4 Å². The molecule has 0 radical (unpaired) electrons. The van der Waals surface area contributed by atoms with Crippen LogP contribution in [0.5, 0.6) is 5.75 Å². The van der Waals surface area contributed by atoms with Crippen molar-refractivity contribution in [2.24, 2.45) is 4.99 Å². The highest BCUT2D eigenvalue weighted by atomic mass is 19.1. The summed E-state index contributed by atoms with van der Waals surface area (Å²) in [5.41, 5.74) is 3.87. The number of imidazole rings is 2. The average Bonchev–Trinajstić information content (AvgIpc) is 3.30. The zero-order valence-corrected chi connectivity index (χ0v) is 18.5. The lowest BCUT2D eigenvalue weighted by Gasteiger charge is -2.16. The van der Waals surface area contributed by atoms with E-state index in [1.807, 2.05) is 35.9 Å². The molecule has 33 heavy (non-hydrogen) atoms. The zero-order valence-electron chi connectivity index (χ0n) is 18.5. The molecule has 0 saturated heterocycles. The predicted molar refractivity (Wildman–Crippen MR) is 123 cm³/mol. The molecule has 1 aliphatic heterocycles. The van der Waals surface area contributed by atoms with Crippen LogP contribution in [0.15, 0.2) is 64.8 Å². The SMILES string of the molecule is COc1cc(/C=c2\[nH]c3n(c2=O)C(c2ccc(F)cc2)CCCN=3)ccc1-n1cnc(C)c1. The summed E-state index contributed by atoms with van der Waals surface area (Å²) in [6, 6.07) is 11.9. The second kappa shape index (κ2) is 8.54. The normalized spacial score (nSPS) is 16.2. The van der Waals surface area contributed by atoms with Gasteiger partial charge in [-0.25, -0.2) is 9.37 Å². The van der Waals surface area contributed by atoms with E-state index in [1.54, 1.807) is 36.2 Å². The van der Waals surface area contributed by atoms with Gasteiger partial charge in [-0.05, 0) is 61.2 Å². The van der Waals surface area contributed by atoms with Gasteiger partial charge in [0, 0.05) is 12.7 Å². The van der Waals surface area contributed by atoms with E-state index in [0.717, 1.165) is 35.3 Å². The molecular formula is C25H24FN5O2. The van der Waals surface area contributed by atoms with Crippen molar-refractivity contribution in [3.05, 3.63) is 98.9 Å². The van der Waals surface area contributed by atoms with E-state index in [9.17, 15) is 9.18 Å². The summed E-state index contributed by atoms with van der Waals surface area (Å²) in [5.74, 6) is 0.374. The second-order valence-corrected chi connectivity index (χ2v) is 8.13. The first kappa shape index (κ1) is 20.9. The van der Waals surface area contributed by atoms with E-state index in [4.69, 9.17) is 4.74 Å². The molecule has 0 spiro atoms. The molecule has 2 aromatic carbocycles. The zero-order chi connectivity index (χ0) is 22.9. The van der Waals surface area contributed by atoms with Crippen LogP contribution in [0.3, 0.4) is 0 Å². The number of aromatic amines is 1. The Morgan fingerprint density at radius 3 is 2.76 bits per heavy atom. The van der Waals surface area contributed by atoms with Crippen molar-refractivity contribution in [2.75, 3.05) is 13.7 Å². The van der Waals surface area contributed by atoms with Gasteiger partial charge in [0.05, 0.1) is 30.9 Å². The number of fused-ring (bicyclic) bond motifs is 1. The topological polar surface area (TPSA) is 77.2 Å². The third-order valence-electron chi connectivity index (χ3n) is 5.89. The largest absolute Gasteiger partial charge is 0.495 e. The maximum atomic E-state index is 13.4. The van der Waals surface area contributed by atoms with Crippen LogP contribution in [-0.4, -0.2) is 32.8 Å². The fourth-order valence-electron chi connectivity index (χ4n) is 4.28. The Hall–Kier alpha value is -3.94. The first-order chi connectivity index (χ1) is 16.0. The molecule has 0 amide bonds. The first-order valence-electron chi connectivity index (χ1n) is 10.8. The molecule has 0 bridgehead atoms. The molecule has 2 aromatic heterocycles. The predicted octanol–water partition coefficient (Wildman–Crippen LogP) is 2.65. The lowest BCUT2D eigenvalue weighted by atomic mass is 10.0. The summed E-state index contributed by atoms with van der Waals surface area (Å²) in [5, 5.41) is 0.441. The van der Waals surface area contributed by atoms with Gasteiger partial charge in [-0.15, -0.1) is 0 Å². The minimum atomic E-state index is -0.295. The Kier molecular flexibility index (Phi) is 5.42. The number of hydrogen-bond acceptors (Lipinski definition) is 4. The fraction of sp³-hybridized carbons (Fsp3) is 0.240. The number of nitrogens with one attached hydrogen (secondary N) is 1. The van der Waals surface area contributed by atoms with Gasteiger partial charge in [-0.2, -0.15) is 0 Å². The summed E-state index contributed by atoms with van der Waals surface area (Å²) in [6.07, 6.45) is 7.07. The van der Waals surface area contributed by atoms with Gasteiger partial charge < -0.3 is 14.3 Å². The molecule has 5 rings (SSSR count). The first-order valence-corrected chi connectivity index (χ1v) is 10.8. The van der Waals surface area contributed by atoms with E-state index in [2.05, 4.69) is 15.0 Å². The van der Waals surface area contributed by atoms with Crippen LogP contribution >= 0.6 is 0 Å². The number of aryl methyl sites for hydroxylation is 1. The molecule has 3 heterocycles. The van der Waals surface area contributed by atoms with Gasteiger partial charge in [0.1, 0.15) is 16.9 Å². The Labute approximate surface area is 189 Å². The van der Waals surface area contributed by atoms with Gasteiger partial charge in [0.2, 0.25) is 5.62 Å². The Bertz CT molecular complexity index is 1480. The molecule has 1 N–H and O–H groups in total. The molecular weight excluding hydrogens is 421 g/mol. The van der Waals surface area contributed by atoms with Gasteiger partial charge in [0.15, 0.2) is 0 Å². The van der Waals surface area contributed by atoms with Crippen LogP contribution in [-0.2, 0) is 0 Å². The molecule has 0 aliphatic carbocycles. The van der Waals surface area contributed by atoms with E-state index in [1.165, 1.54) is 12.1 Å². The number of benzene rings is 2. The molecule has 0 saturated carbocycles. The maximum Gasteiger partial charge on any atom is 0.277 e. The molecule has 8 heteroatoms. The van der Waals surface area contributed by atoms with Crippen LogP contribution in [0.4, 0.5) is 4.39 Å². The third-order valence-corrected chi connectivity index (χ3v) is 5.89. The smallest absolute Gasteiger partial charge is 0.277 e. The molecule has 0 fully saturated rings. The molecule has 4 aromatic rings. The highest BCUT2D eigenvalue weighted by Gasteiger charge is 2.21. The molecule has 168 valence electrons. The minimum Gasteiger partial charge on any atom is -0.495 e. The average molecular weight is 445 g/mol. The van der Waals surface area contributed by atoms with Crippen molar-refractivity contribution >= 4 is 6.08 Å². The van der Waals surface area contributed by atoms with Crippen LogP contribution in [0.2, 0.25) is 0 Å². The lowest BCUT2D eigenvalue weighted by molar-refractivity contribution is 0.413. The second-order valence-electron chi connectivity index (χ2n) is 8.13. The van der Waals surface area contributed by atoms with E-state index in [-0.39, 0.29) is 17.4 Å². The summed E-state index contributed by atoms with van der Waals surface area (Å²) >= 11 is 0. The molecule has 1 atom stereocenters. The number of aromatic nitrogens is 4. The van der Waals surface area contributed by atoms with Crippen molar-refractivity contribution in [3.8, 4) is 11.4 Å². The highest BCUT2D eigenvalue weighted by molar-refractivity contribution is 5.58. The molecule has 7 nitrogen and oxygen atoms in total. The van der Waals surface area contributed by atoms with E-state index < -0.39 is 0 Å². The lowest BCUT2D eigenvalue weighted by Crippen LogP contribution is -2.34. The van der Waals surface area contributed by atoms with Gasteiger partial charge in [-0.1, -0.05) is 18.2 Å². The van der Waals surface area contributed by atoms with Crippen molar-refractivity contribution in [1.29, 1.82) is 0 Å². The van der Waals surface area contributed by atoms with Gasteiger partial charge in [0.25, 0.3) is 5.56 Å². The van der Waals surface area contributed by atoms with E-state index in [0.29, 0.717) is 23.3 Å². The van der Waals surface area contributed by atoms with Crippen LogP contribution < -0.4 is 21.3 Å². The van der Waals surface area contributed by atoms with Crippen LogP contribution in [0.25, 0.3) is 11.8 Å². The summed E-state index contributed by atoms with van der Waals surface area (Å²) in [7, 11) is 1.62. The number of nitrogens with zero attached hydrogens (tertiary/aromatic N) is 4. The fourth-order valence-corrected chi connectivity index (χ4v) is 4.28. The number of halogens is 1. The number of methoxy groups -OCH3 is 1. The standard InChI is InChI=1S/C25H24FN5O2/c1-16-14-30(15-28-16)22-10-5-17(13-23(22)33-2)12-20-24(32)31-21(4-3-11-27-25(31)29-20)18-6-8-19(26)9-7-18/h5-10,12-15,21H,3-4,11H2,1-2H3,(H,27,29)/b20-12-. The van der Waals surface area contributed by atoms with Crippen molar-refractivity contribution in [1.82, 2.24) is 19.1 Å². The van der Waals surface area contributed by atoms with Crippen molar-refractivity contribution in [3.63, 3.8) is 0 Å². The van der Waals surface area contributed by atoms with Crippen LogP contribution in [0.1, 0.15) is 35.7 Å². The number of rotatable bonds is 4. The molecule has 1 aliphatic rings. The minimum absolute atomic E-state index is 0.154. The van der Waals surface area contributed by atoms with Crippen molar-refractivity contribution in [2.45, 2.75) is 25.8 Å². The third kappa shape index (κ3) is 4.00. The number of ether oxygens (including phenoxy) is 1. The highest BCUT2D eigenvalue weighted by Crippen LogP contribution is 2.25. The Balaban J connectivity index is 1.59. The quantitative estimate of drug-likeness (QED) is 0.525. The van der Waals surface area contributed by atoms with E-state index >= 15 is 0 Å². The van der Waals surface area contributed by atoms with Gasteiger partial charge >= 0.3 is 0 Å². The molecule has 1 unspecified atom stereocenters. The summed E-state index contributed by atoms with van der Waals surface area (Å²) < 4.78 is 22.6. The number of hydrogen-bond donors (Lipinski definition) is 1. The Morgan fingerprint density at radius 2 is 2.03 bits per heavy atom. The monoisotopic (exact) mass is 445 g/mol. The Morgan fingerprint density at radius 1 is 1.21 bits per heavy atom. The van der Waals surface area contributed by atoms with Crippen molar-refractivity contribution < 1.29 is 9.13 Å². The maximum absolute atomic E-state index is 13.4. The summed E-state index contributed by atoms with van der Waals surface area (Å²) in [4.78, 5) is 25.4. The summed E-state index contributed by atoms with van der Waals surface area (Å²) in [6.45, 7) is 2.56. The number of H-pyrrole nitrogens is 1. The van der Waals surface area contributed by atoms with Crippen LogP contribution in [0, 0.1) is 12.7 Å².